The minimum absolute atomic E-state index is 0.0435. The first-order valence-electron chi connectivity index (χ1n) is 19.8. The molecule has 4 nitrogen and oxygen atoms in total. The molecule has 0 bridgehead atoms. The molecule has 1 aliphatic carbocycles. The van der Waals surface area contributed by atoms with Crippen molar-refractivity contribution in [2.75, 3.05) is 0 Å². The van der Waals surface area contributed by atoms with Crippen LogP contribution in [0.1, 0.15) is 17.0 Å². The molecule has 2 aliphatic rings. The molecule has 0 amide bonds. The first-order chi connectivity index (χ1) is 28.7. The van der Waals surface area contributed by atoms with Crippen molar-refractivity contribution in [3.63, 3.8) is 0 Å². The summed E-state index contributed by atoms with van der Waals surface area (Å²) >= 11 is 0. The Morgan fingerprint density at radius 2 is 0.931 bits per heavy atom. The number of furan rings is 3. The minimum Gasteiger partial charge on any atom is -0.484 e. The van der Waals surface area contributed by atoms with Gasteiger partial charge < -0.3 is 18.0 Å². The lowest BCUT2D eigenvalue weighted by molar-refractivity contribution is 0.272. The van der Waals surface area contributed by atoms with E-state index in [1.807, 2.05) is 6.07 Å². The predicted molar refractivity (Wildman–Crippen MR) is 235 cm³/mol. The van der Waals surface area contributed by atoms with Gasteiger partial charge in [0.25, 0.3) is 0 Å². The van der Waals surface area contributed by atoms with Crippen LogP contribution >= 0.6 is 0 Å². The van der Waals surface area contributed by atoms with Gasteiger partial charge in [0, 0.05) is 33.0 Å². The number of rotatable bonds is 4. The lowest BCUT2D eigenvalue weighted by Crippen LogP contribution is -2.16. The molecule has 0 saturated carbocycles. The maximum Gasteiger partial charge on any atom is 0.147 e. The molecule has 0 spiro atoms. The van der Waals surface area contributed by atoms with E-state index >= 15 is 0 Å². The third-order valence-electron chi connectivity index (χ3n) is 12.2. The Hall–Kier alpha value is -7.56. The van der Waals surface area contributed by atoms with E-state index in [9.17, 15) is 0 Å². The Balaban J connectivity index is 0.894. The van der Waals surface area contributed by atoms with Gasteiger partial charge in [0.1, 0.15) is 45.4 Å². The van der Waals surface area contributed by atoms with Gasteiger partial charge >= 0.3 is 0 Å². The van der Waals surface area contributed by atoms with E-state index in [-0.39, 0.29) is 12.0 Å². The standard InChI is InChI=1S/C54H32O4/c1-3-8-31(9-4-1)35-14-20-45-41(27-35)39-18-24-49-51(53(39)57-45)43-29-37(16-22-47(43)55-49)33-12-7-13-34(26-33)38-17-23-48-44(30-38)52-50(56-48)25-19-40-42-28-36(32-10-5-2-6-11-32)15-21-46(42)58-54(40)52/h1-30,41,45H. The Labute approximate surface area is 332 Å². The molecule has 0 N–H and O–H groups in total. The van der Waals surface area contributed by atoms with Crippen LogP contribution in [0.25, 0.3) is 105 Å². The molecule has 0 fully saturated rings. The van der Waals surface area contributed by atoms with Crippen molar-refractivity contribution >= 4 is 71.4 Å². The third kappa shape index (κ3) is 4.69. The highest BCUT2D eigenvalue weighted by atomic mass is 16.5. The second-order valence-corrected chi connectivity index (χ2v) is 15.5. The van der Waals surface area contributed by atoms with Crippen LogP contribution in [-0.2, 0) is 0 Å². The van der Waals surface area contributed by atoms with Crippen molar-refractivity contribution in [1.82, 2.24) is 0 Å². The van der Waals surface area contributed by atoms with Crippen molar-refractivity contribution in [1.29, 1.82) is 0 Å². The molecule has 11 aromatic rings. The summed E-state index contributed by atoms with van der Waals surface area (Å²) < 4.78 is 26.1. The number of benzene rings is 8. The molecule has 0 radical (unpaired) electrons. The fraction of sp³-hybridized carbons (Fsp3) is 0.0370. The molecule has 4 heterocycles. The van der Waals surface area contributed by atoms with E-state index in [1.54, 1.807) is 0 Å². The first kappa shape index (κ1) is 31.6. The van der Waals surface area contributed by atoms with E-state index in [4.69, 9.17) is 18.0 Å². The van der Waals surface area contributed by atoms with Gasteiger partial charge in [0.05, 0.1) is 10.8 Å². The first-order valence-corrected chi connectivity index (χ1v) is 19.8. The summed E-state index contributed by atoms with van der Waals surface area (Å²) in [5.41, 5.74) is 15.5. The third-order valence-corrected chi connectivity index (χ3v) is 12.2. The molecule has 2 unspecified atom stereocenters. The van der Waals surface area contributed by atoms with Gasteiger partial charge in [-0.15, -0.1) is 0 Å². The lowest BCUT2D eigenvalue weighted by Gasteiger charge is -2.18. The topological polar surface area (TPSA) is 48.7 Å². The van der Waals surface area contributed by atoms with E-state index < -0.39 is 0 Å². The molecule has 0 saturated heterocycles. The number of fused-ring (bicyclic) bond motifs is 14. The zero-order chi connectivity index (χ0) is 37.9. The van der Waals surface area contributed by atoms with E-state index in [1.165, 1.54) is 22.3 Å². The van der Waals surface area contributed by atoms with Crippen LogP contribution in [0.2, 0.25) is 0 Å². The van der Waals surface area contributed by atoms with Gasteiger partial charge in [-0.25, -0.2) is 0 Å². The summed E-state index contributed by atoms with van der Waals surface area (Å²) in [6.45, 7) is 0. The molecule has 4 heteroatoms. The normalized spacial score (nSPS) is 16.1. The number of hydrogen-bond donors (Lipinski definition) is 0. The number of hydrogen-bond acceptors (Lipinski definition) is 4. The lowest BCUT2D eigenvalue weighted by atomic mass is 9.86. The van der Waals surface area contributed by atoms with Crippen LogP contribution in [0.4, 0.5) is 0 Å². The van der Waals surface area contributed by atoms with Gasteiger partial charge in [0.2, 0.25) is 0 Å². The van der Waals surface area contributed by atoms with Crippen LogP contribution in [0.3, 0.4) is 0 Å². The largest absolute Gasteiger partial charge is 0.484 e. The van der Waals surface area contributed by atoms with Gasteiger partial charge in [-0.05, 0) is 111 Å². The van der Waals surface area contributed by atoms with Crippen LogP contribution in [-0.4, -0.2) is 6.10 Å². The highest BCUT2D eigenvalue weighted by molar-refractivity contribution is 6.22. The molecule has 13 rings (SSSR count). The van der Waals surface area contributed by atoms with Gasteiger partial charge in [-0.1, -0.05) is 115 Å². The van der Waals surface area contributed by atoms with Crippen molar-refractivity contribution < 1.29 is 18.0 Å². The van der Waals surface area contributed by atoms with Crippen molar-refractivity contribution in [3.05, 3.63) is 193 Å². The maximum atomic E-state index is 6.72. The molecular formula is C54H32O4. The summed E-state index contributed by atoms with van der Waals surface area (Å²) in [7, 11) is 0. The smallest absolute Gasteiger partial charge is 0.147 e. The highest BCUT2D eigenvalue weighted by Crippen LogP contribution is 2.50. The highest BCUT2D eigenvalue weighted by Gasteiger charge is 2.36. The summed E-state index contributed by atoms with van der Waals surface area (Å²) in [5, 5.41) is 6.30. The van der Waals surface area contributed by atoms with E-state index in [0.717, 1.165) is 99.4 Å². The zero-order valence-electron chi connectivity index (χ0n) is 31.1. The summed E-state index contributed by atoms with van der Waals surface area (Å²) in [6.07, 6.45) is 6.69. The van der Waals surface area contributed by atoms with Crippen molar-refractivity contribution in [2.24, 2.45) is 0 Å². The number of allylic oxidation sites excluding steroid dienone is 2. The van der Waals surface area contributed by atoms with Crippen LogP contribution < -0.4 is 4.74 Å². The molecule has 3 aromatic heterocycles. The molecule has 2 atom stereocenters. The second kappa shape index (κ2) is 12.0. The summed E-state index contributed by atoms with van der Waals surface area (Å²) in [4.78, 5) is 0. The quantitative estimate of drug-likeness (QED) is 0.180. The molecule has 58 heavy (non-hydrogen) atoms. The van der Waals surface area contributed by atoms with Crippen molar-refractivity contribution in [2.45, 2.75) is 12.0 Å². The average Bonchev–Trinajstić information content (AvgIpc) is 4.05. The molecule has 272 valence electrons. The Morgan fingerprint density at radius 1 is 0.379 bits per heavy atom. The van der Waals surface area contributed by atoms with E-state index in [2.05, 4.69) is 176 Å². The van der Waals surface area contributed by atoms with Gasteiger partial charge in [-0.2, -0.15) is 0 Å². The summed E-state index contributed by atoms with van der Waals surface area (Å²) in [6, 6.07) is 57.6. The van der Waals surface area contributed by atoms with Gasteiger partial charge in [0.15, 0.2) is 0 Å². The number of ether oxygens (including phenoxy) is 1. The molecule has 1 aliphatic heterocycles. The van der Waals surface area contributed by atoms with Crippen LogP contribution in [0, 0.1) is 0 Å². The SMILES string of the molecule is C1=CC2Oc3c(ccc4oc5ccc(-c6cccc(-c7ccc8oc9ccc%10c%11cc(-c%12ccccc%12)ccc%11oc%10c9c8c7)c6)cc5c34)C2C=C1c1ccccc1. The Bertz CT molecular complexity index is 3540. The molecular weight excluding hydrogens is 713 g/mol. The van der Waals surface area contributed by atoms with Crippen molar-refractivity contribution in [3.8, 4) is 39.1 Å². The monoisotopic (exact) mass is 744 g/mol. The van der Waals surface area contributed by atoms with Crippen LogP contribution in [0.15, 0.2) is 195 Å². The minimum atomic E-state index is -0.0435. The fourth-order valence-corrected chi connectivity index (χ4v) is 9.39. The Morgan fingerprint density at radius 3 is 1.66 bits per heavy atom. The van der Waals surface area contributed by atoms with Crippen LogP contribution in [0.5, 0.6) is 5.75 Å². The molecule has 8 aromatic carbocycles. The second-order valence-electron chi connectivity index (χ2n) is 15.5. The van der Waals surface area contributed by atoms with E-state index in [0.29, 0.717) is 0 Å². The van der Waals surface area contributed by atoms with Gasteiger partial charge in [-0.3, -0.25) is 0 Å². The average molecular weight is 745 g/mol. The maximum absolute atomic E-state index is 6.72. The summed E-state index contributed by atoms with van der Waals surface area (Å²) in [5.74, 6) is 1.06. The predicted octanol–water partition coefficient (Wildman–Crippen LogP) is 14.9. The fourth-order valence-electron chi connectivity index (χ4n) is 9.39. The zero-order valence-corrected chi connectivity index (χ0v) is 31.1. The Kier molecular flexibility index (Phi) is 6.53.